The Morgan fingerprint density at radius 3 is 2.58 bits per heavy atom. The molecule has 0 unspecified atom stereocenters. The quantitative estimate of drug-likeness (QED) is 0.107. The lowest BCUT2D eigenvalue weighted by Crippen LogP contribution is -2.36. The molecule has 0 aliphatic carbocycles. The number of amides is 3. The first kappa shape index (κ1) is 31.0. The van der Waals surface area contributed by atoms with Gasteiger partial charge in [-0.25, -0.2) is 0 Å². The number of hydrogen-bond donors (Lipinski definition) is 1. The lowest BCUT2D eigenvalue weighted by atomic mass is 10.0. The van der Waals surface area contributed by atoms with Crippen molar-refractivity contribution in [2.24, 2.45) is 0 Å². The molecular weight excluding hydrogens is 570 g/mol. The Labute approximate surface area is 253 Å². The highest BCUT2D eigenvalue weighted by atomic mass is 32.2. The Morgan fingerprint density at radius 2 is 1.88 bits per heavy atom. The van der Waals surface area contributed by atoms with Crippen LogP contribution in [0, 0.1) is 24.0 Å². The highest BCUT2D eigenvalue weighted by Gasteiger charge is 2.36. The minimum Gasteiger partial charge on any atom is -0.490 e. The van der Waals surface area contributed by atoms with Crippen LogP contribution in [-0.4, -0.2) is 40.0 Å². The Hall–Kier alpha value is -4.90. The summed E-state index contributed by atoms with van der Waals surface area (Å²) in [7, 11) is 0. The Morgan fingerprint density at radius 1 is 1.09 bits per heavy atom. The molecule has 3 aromatic carbocycles. The fraction of sp³-hybridized carbons (Fsp3) is 0.219. The van der Waals surface area contributed by atoms with E-state index >= 15 is 0 Å². The molecule has 3 amide bonds. The van der Waals surface area contributed by atoms with Crippen LogP contribution in [0.3, 0.4) is 0 Å². The highest BCUT2D eigenvalue weighted by molar-refractivity contribution is 8.18. The summed E-state index contributed by atoms with van der Waals surface area (Å²) >= 11 is 0.754. The van der Waals surface area contributed by atoms with E-state index in [1.165, 1.54) is 12.1 Å². The molecule has 0 bridgehead atoms. The van der Waals surface area contributed by atoms with E-state index in [1.807, 2.05) is 32.9 Å². The van der Waals surface area contributed by atoms with Crippen LogP contribution in [0.25, 0.3) is 6.08 Å². The van der Waals surface area contributed by atoms with Crippen molar-refractivity contribution in [1.29, 1.82) is 0 Å². The van der Waals surface area contributed by atoms with Gasteiger partial charge in [0.05, 0.1) is 16.4 Å². The number of nitrogens with zero attached hydrogens (tertiary/aromatic N) is 2. The van der Waals surface area contributed by atoms with E-state index in [2.05, 4.69) is 11.9 Å². The van der Waals surface area contributed by atoms with Crippen molar-refractivity contribution in [3.63, 3.8) is 0 Å². The molecule has 1 heterocycles. The van der Waals surface area contributed by atoms with Crippen LogP contribution in [-0.2, 0) is 22.6 Å². The number of aryl methyl sites for hydroxylation is 2. The maximum Gasteiger partial charge on any atom is 0.294 e. The smallest absolute Gasteiger partial charge is 0.294 e. The van der Waals surface area contributed by atoms with Gasteiger partial charge >= 0.3 is 0 Å². The predicted molar refractivity (Wildman–Crippen MR) is 166 cm³/mol. The fourth-order valence-corrected chi connectivity index (χ4v) is 5.21. The number of allylic oxidation sites excluding steroid dienone is 1. The van der Waals surface area contributed by atoms with Crippen LogP contribution in [0.2, 0.25) is 0 Å². The molecule has 1 saturated heterocycles. The molecule has 4 rings (SSSR count). The molecule has 11 heteroatoms. The van der Waals surface area contributed by atoms with E-state index in [0.717, 1.165) is 27.8 Å². The first-order chi connectivity index (χ1) is 20.6. The van der Waals surface area contributed by atoms with Gasteiger partial charge in [0.1, 0.15) is 13.2 Å². The van der Waals surface area contributed by atoms with Crippen LogP contribution >= 0.6 is 11.8 Å². The fourth-order valence-electron chi connectivity index (χ4n) is 4.37. The van der Waals surface area contributed by atoms with Gasteiger partial charge in [0.15, 0.2) is 11.5 Å². The van der Waals surface area contributed by atoms with E-state index < -0.39 is 28.5 Å². The zero-order valence-electron chi connectivity index (χ0n) is 24.0. The number of thioether (sulfide) groups is 1. The Balaban J connectivity index is 1.55. The summed E-state index contributed by atoms with van der Waals surface area (Å²) in [5.41, 5.74) is 4.55. The number of nitrogens with one attached hydrogen (secondary N) is 1. The van der Waals surface area contributed by atoms with E-state index in [-0.39, 0.29) is 17.2 Å². The van der Waals surface area contributed by atoms with Crippen molar-refractivity contribution in [3.05, 3.63) is 110 Å². The van der Waals surface area contributed by atoms with Crippen LogP contribution in [0.5, 0.6) is 11.5 Å². The molecule has 0 aromatic heterocycles. The first-order valence-electron chi connectivity index (χ1n) is 13.5. The summed E-state index contributed by atoms with van der Waals surface area (Å²) in [4.78, 5) is 50.3. The summed E-state index contributed by atoms with van der Waals surface area (Å²) in [5.74, 6) is -0.199. The molecule has 0 atom stereocenters. The number of imide groups is 1. The average molecular weight is 602 g/mol. The number of ether oxygens (including phenoxy) is 2. The molecule has 0 spiro atoms. The third kappa shape index (κ3) is 7.69. The zero-order valence-corrected chi connectivity index (χ0v) is 24.9. The van der Waals surface area contributed by atoms with E-state index in [4.69, 9.17) is 9.47 Å². The first-order valence-corrected chi connectivity index (χ1v) is 14.3. The largest absolute Gasteiger partial charge is 0.490 e. The molecule has 10 nitrogen and oxygen atoms in total. The molecule has 43 heavy (non-hydrogen) atoms. The summed E-state index contributed by atoms with van der Waals surface area (Å²) in [6.07, 6.45) is 3.68. The topological polar surface area (TPSA) is 128 Å². The molecule has 1 N–H and O–H groups in total. The molecule has 0 saturated carbocycles. The van der Waals surface area contributed by atoms with Gasteiger partial charge < -0.3 is 14.8 Å². The minimum atomic E-state index is -0.570. The summed E-state index contributed by atoms with van der Waals surface area (Å²) in [6, 6.07) is 15.1. The third-order valence-corrected chi connectivity index (χ3v) is 7.49. The van der Waals surface area contributed by atoms with Gasteiger partial charge in [-0.05, 0) is 91.5 Å². The maximum absolute atomic E-state index is 13.1. The van der Waals surface area contributed by atoms with Crippen molar-refractivity contribution in [2.45, 2.75) is 33.8 Å². The molecule has 1 aliphatic rings. The van der Waals surface area contributed by atoms with Crippen LogP contribution in [0.15, 0.2) is 72.2 Å². The van der Waals surface area contributed by atoms with Gasteiger partial charge in [-0.2, -0.15) is 0 Å². The second-order valence-electron chi connectivity index (χ2n) is 9.76. The number of carbonyl (C=O) groups is 3. The van der Waals surface area contributed by atoms with E-state index in [9.17, 15) is 24.5 Å². The van der Waals surface area contributed by atoms with Gasteiger partial charge in [0, 0.05) is 23.4 Å². The van der Waals surface area contributed by atoms with Crippen LogP contribution in [0.4, 0.5) is 16.2 Å². The highest BCUT2D eigenvalue weighted by Crippen LogP contribution is 2.38. The van der Waals surface area contributed by atoms with Crippen LogP contribution in [0.1, 0.15) is 34.7 Å². The van der Waals surface area contributed by atoms with E-state index in [0.29, 0.717) is 46.9 Å². The Kier molecular flexibility index (Phi) is 9.99. The third-order valence-electron chi connectivity index (χ3n) is 6.59. The van der Waals surface area contributed by atoms with Crippen molar-refractivity contribution < 1.29 is 28.8 Å². The number of rotatable bonds is 12. The lowest BCUT2D eigenvalue weighted by molar-refractivity contribution is -0.384. The molecule has 1 aliphatic heterocycles. The van der Waals surface area contributed by atoms with Crippen molar-refractivity contribution in [1.82, 2.24) is 4.90 Å². The van der Waals surface area contributed by atoms with Gasteiger partial charge in [0.25, 0.3) is 16.8 Å². The minimum absolute atomic E-state index is 0.0375. The number of anilines is 1. The lowest BCUT2D eigenvalue weighted by Gasteiger charge is -2.17. The standard InChI is InChI=1S/C32H31N3O7S/c1-5-8-24-14-23(16-27(41-6-2)30(24)42-19-22-9-7-10-26(15-22)35(39)40)17-28-31(37)34(32(38)43-28)18-29(36)33-25-12-11-20(3)21(4)13-25/h5,7,9-17H,1,6,8,18-19H2,2-4H3,(H,33,36)/b28-17+. The number of carbonyl (C=O) groups excluding carboxylic acids is 3. The number of nitro benzene ring substituents is 1. The molecule has 1 fully saturated rings. The molecular formula is C32H31N3O7S. The zero-order chi connectivity index (χ0) is 31.1. The predicted octanol–water partition coefficient (Wildman–Crippen LogP) is 6.59. The van der Waals surface area contributed by atoms with Crippen molar-refractivity contribution in [3.8, 4) is 11.5 Å². The Bertz CT molecular complexity index is 1630. The summed E-state index contributed by atoms with van der Waals surface area (Å²) in [6.45, 7) is 9.51. The number of benzene rings is 3. The SMILES string of the molecule is C=CCc1cc(/C=C2/SC(=O)N(CC(=O)Nc3ccc(C)c(C)c3)C2=O)cc(OCC)c1OCc1cccc([N+](=O)[O-])c1. The normalized spacial score (nSPS) is 13.7. The maximum atomic E-state index is 13.1. The van der Waals surface area contributed by atoms with E-state index in [1.54, 1.807) is 42.5 Å². The molecule has 222 valence electrons. The number of hydrogen-bond acceptors (Lipinski definition) is 8. The summed E-state index contributed by atoms with van der Waals surface area (Å²) < 4.78 is 11.9. The van der Waals surface area contributed by atoms with Gasteiger partial charge in [-0.1, -0.05) is 24.3 Å². The van der Waals surface area contributed by atoms with Crippen molar-refractivity contribution in [2.75, 3.05) is 18.5 Å². The molecule has 3 aromatic rings. The monoisotopic (exact) mass is 601 g/mol. The van der Waals surface area contributed by atoms with Crippen molar-refractivity contribution >= 4 is 46.3 Å². The number of nitro groups is 1. The second kappa shape index (κ2) is 13.8. The second-order valence-corrected chi connectivity index (χ2v) is 10.8. The van der Waals surface area contributed by atoms with Gasteiger partial charge in [-0.3, -0.25) is 29.4 Å². The average Bonchev–Trinajstić information content (AvgIpc) is 3.22. The number of non-ortho nitro benzene ring substituents is 1. The van der Waals surface area contributed by atoms with Crippen LogP contribution < -0.4 is 14.8 Å². The summed E-state index contributed by atoms with van der Waals surface area (Å²) in [5, 5.41) is 13.4. The van der Waals surface area contributed by atoms with Gasteiger partial charge in [0.2, 0.25) is 5.91 Å². The van der Waals surface area contributed by atoms with Gasteiger partial charge in [-0.15, -0.1) is 6.58 Å². The molecule has 0 radical (unpaired) electrons.